The molecule has 0 aliphatic carbocycles. The van der Waals surface area contributed by atoms with Crippen LogP contribution in [0, 0.1) is 0 Å². The van der Waals surface area contributed by atoms with E-state index in [9.17, 15) is 0 Å². The van der Waals surface area contributed by atoms with Gasteiger partial charge in [-0.3, -0.25) is 4.99 Å². The van der Waals surface area contributed by atoms with Crippen molar-refractivity contribution in [3.05, 3.63) is 54.1 Å². The van der Waals surface area contributed by atoms with Gasteiger partial charge in [-0.1, -0.05) is 12.1 Å². The predicted octanol–water partition coefficient (Wildman–Crippen LogP) is 3.35. The molecule has 6 heteroatoms. The molecular formula is C18H25IN4O. The minimum Gasteiger partial charge on any atom is -0.497 e. The fourth-order valence-electron chi connectivity index (χ4n) is 2.13. The van der Waals surface area contributed by atoms with Crippen LogP contribution in [0.4, 0.5) is 11.4 Å². The topological polar surface area (TPSA) is 62.9 Å². The number of rotatable bonds is 6. The molecule has 0 saturated heterocycles. The number of ether oxygens (including phenoxy) is 1. The van der Waals surface area contributed by atoms with Crippen molar-refractivity contribution in [3.63, 3.8) is 0 Å². The fraction of sp³-hybridized carbons (Fsp3) is 0.278. The first-order valence-corrected chi connectivity index (χ1v) is 7.56. The number of hydrogen-bond donors (Lipinski definition) is 2. The fourth-order valence-corrected chi connectivity index (χ4v) is 2.13. The predicted molar refractivity (Wildman–Crippen MR) is 113 cm³/mol. The van der Waals surface area contributed by atoms with Crippen molar-refractivity contribution in [3.8, 4) is 5.75 Å². The van der Waals surface area contributed by atoms with Crippen molar-refractivity contribution in [1.29, 1.82) is 0 Å². The van der Waals surface area contributed by atoms with Gasteiger partial charge in [0.25, 0.3) is 0 Å². The van der Waals surface area contributed by atoms with Crippen LogP contribution in [-0.4, -0.2) is 33.7 Å². The zero-order valence-electron chi connectivity index (χ0n) is 14.3. The van der Waals surface area contributed by atoms with Crippen molar-refractivity contribution in [1.82, 2.24) is 0 Å². The second kappa shape index (κ2) is 10.0. The second-order valence-corrected chi connectivity index (χ2v) is 5.43. The Bertz CT molecular complexity index is 639. The van der Waals surface area contributed by atoms with E-state index in [1.54, 1.807) is 7.11 Å². The highest BCUT2D eigenvalue weighted by molar-refractivity contribution is 14.0. The van der Waals surface area contributed by atoms with E-state index in [-0.39, 0.29) is 24.0 Å². The van der Waals surface area contributed by atoms with Crippen LogP contribution >= 0.6 is 24.0 Å². The van der Waals surface area contributed by atoms with Gasteiger partial charge in [-0.05, 0) is 48.4 Å². The Hall–Kier alpha value is -1.96. The van der Waals surface area contributed by atoms with Gasteiger partial charge in [0.1, 0.15) is 5.75 Å². The first kappa shape index (κ1) is 20.1. The van der Waals surface area contributed by atoms with Gasteiger partial charge in [0.05, 0.1) is 7.11 Å². The SMILES string of the molecule is COc1ccc(NC(N)=NCCc2ccc(N(C)C)cc2)cc1.I. The summed E-state index contributed by atoms with van der Waals surface area (Å²) in [5, 5.41) is 3.07. The maximum Gasteiger partial charge on any atom is 0.193 e. The lowest BCUT2D eigenvalue weighted by atomic mass is 10.1. The standard InChI is InChI=1S/C18H24N4O.HI/c1-22(2)16-8-4-14(5-9-16)12-13-20-18(19)21-15-6-10-17(23-3)11-7-15;/h4-11H,12-13H2,1-3H3,(H3,19,20,21);1H. The number of nitrogens with two attached hydrogens (primary N) is 1. The third-order valence-corrected chi connectivity index (χ3v) is 3.50. The molecule has 0 fully saturated rings. The van der Waals surface area contributed by atoms with Crippen LogP contribution in [0.5, 0.6) is 5.75 Å². The molecule has 0 heterocycles. The lowest BCUT2D eigenvalue weighted by molar-refractivity contribution is 0.415. The number of hydrogen-bond acceptors (Lipinski definition) is 3. The lowest BCUT2D eigenvalue weighted by Gasteiger charge is -2.12. The van der Waals surface area contributed by atoms with Crippen LogP contribution in [-0.2, 0) is 6.42 Å². The van der Waals surface area contributed by atoms with E-state index in [2.05, 4.69) is 39.5 Å². The second-order valence-electron chi connectivity index (χ2n) is 5.43. The third kappa shape index (κ3) is 6.27. The molecule has 0 atom stereocenters. The van der Waals surface area contributed by atoms with E-state index in [0.717, 1.165) is 17.9 Å². The molecule has 0 radical (unpaired) electrons. The summed E-state index contributed by atoms with van der Waals surface area (Å²) < 4.78 is 5.12. The van der Waals surface area contributed by atoms with Crippen LogP contribution in [0.25, 0.3) is 0 Å². The molecular weight excluding hydrogens is 415 g/mol. The molecule has 0 aromatic heterocycles. The number of anilines is 2. The van der Waals surface area contributed by atoms with Gasteiger partial charge in [-0.2, -0.15) is 0 Å². The molecule has 2 aromatic rings. The molecule has 0 amide bonds. The van der Waals surface area contributed by atoms with Gasteiger partial charge in [-0.15, -0.1) is 24.0 Å². The molecule has 0 saturated carbocycles. The number of halogens is 1. The minimum atomic E-state index is 0. The van der Waals surface area contributed by atoms with Crippen LogP contribution in [0.2, 0.25) is 0 Å². The highest BCUT2D eigenvalue weighted by Gasteiger charge is 1.98. The monoisotopic (exact) mass is 440 g/mol. The molecule has 2 rings (SSSR count). The minimum absolute atomic E-state index is 0. The summed E-state index contributed by atoms with van der Waals surface area (Å²) in [5.41, 5.74) is 9.24. The van der Waals surface area contributed by atoms with E-state index in [4.69, 9.17) is 10.5 Å². The van der Waals surface area contributed by atoms with Gasteiger partial charge in [-0.25, -0.2) is 0 Å². The van der Waals surface area contributed by atoms with E-state index in [0.29, 0.717) is 12.5 Å². The Labute approximate surface area is 160 Å². The molecule has 0 unspecified atom stereocenters. The van der Waals surface area contributed by atoms with Crippen LogP contribution in [0.3, 0.4) is 0 Å². The van der Waals surface area contributed by atoms with E-state index >= 15 is 0 Å². The first-order chi connectivity index (χ1) is 11.1. The van der Waals surface area contributed by atoms with E-state index < -0.39 is 0 Å². The summed E-state index contributed by atoms with van der Waals surface area (Å²) in [6.07, 6.45) is 0.860. The molecule has 2 aromatic carbocycles. The first-order valence-electron chi connectivity index (χ1n) is 7.56. The van der Waals surface area contributed by atoms with Crippen LogP contribution in [0.1, 0.15) is 5.56 Å². The van der Waals surface area contributed by atoms with E-state index in [1.807, 2.05) is 38.4 Å². The zero-order valence-corrected chi connectivity index (χ0v) is 16.7. The molecule has 0 spiro atoms. The number of benzene rings is 2. The van der Waals surface area contributed by atoms with Crippen LogP contribution < -0.4 is 20.7 Å². The number of nitrogens with one attached hydrogen (secondary N) is 1. The molecule has 5 nitrogen and oxygen atoms in total. The third-order valence-electron chi connectivity index (χ3n) is 3.50. The molecule has 3 N–H and O–H groups in total. The Kier molecular flexibility index (Phi) is 8.39. The van der Waals surface area contributed by atoms with Crippen molar-refractivity contribution >= 4 is 41.3 Å². The van der Waals surface area contributed by atoms with Crippen molar-refractivity contribution in [2.75, 3.05) is 38.0 Å². The average molecular weight is 440 g/mol. The Morgan fingerprint density at radius 2 is 1.71 bits per heavy atom. The quantitative estimate of drug-likeness (QED) is 0.411. The molecule has 0 aliphatic rings. The molecule has 24 heavy (non-hydrogen) atoms. The number of guanidine groups is 1. The molecule has 0 aliphatic heterocycles. The lowest BCUT2D eigenvalue weighted by Crippen LogP contribution is -2.23. The van der Waals surface area contributed by atoms with Crippen molar-refractivity contribution < 1.29 is 4.74 Å². The van der Waals surface area contributed by atoms with Gasteiger partial charge < -0.3 is 20.7 Å². The average Bonchev–Trinajstić information content (AvgIpc) is 2.56. The number of nitrogens with zero attached hydrogens (tertiary/aromatic N) is 2. The summed E-state index contributed by atoms with van der Waals surface area (Å²) in [6, 6.07) is 16.0. The maximum absolute atomic E-state index is 5.91. The largest absolute Gasteiger partial charge is 0.497 e. The normalized spacial score (nSPS) is 10.7. The summed E-state index contributed by atoms with van der Waals surface area (Å²) in [7, 11) is 5.71. The van der Waals surface area contributed by atoms with Gasteiger partial charge in [0, 0.05) is 32.0 Å². The Morgan fingerprint density at radius 1 is 1.08 bits per heavy atom. The van der Waals surface area contributed by atoms with Gasteiger partial charge in [0.15, 0.2) is 5.96 Å². The summed E-state index contributed by atoms with van der Waals surface area (Å²) in [6.45, 7) is 0.649. The summed E-state index contributed by atoms with van der Waals surface area (Å²) in [4.78, 5) is 6.44. The summed E-state index contributed by atoms with van der Waals surface area (Å²) >= 11 is 0. The van der Waals surface area contributed by atoms with E-state index in [1.165, 1.54) is 11.3 Å². The highest BCUT2D eigenvalue weighted by Crippen LogP contribution is 2.15. The van der Waals surface area contributed by atoms with Gasteiger partial charge >= 0.3 is 0 Å². The van der Waals surface area contributed by atoms with Crippen LogP contribution in [0.15, 0.2) is 53.5 Å². The Balaban J connectivity index is 0.00000288. The van der Waals surface area contributed by atoms with Crippen molar-refractivity contribution in [2.45, 2.75) is 6.42 Å². The highest BCUT2D eigenvalue weighted by atomic mass is 127. The van der Waals surface area contributed by atoms with Crippen molar-refractivity contribution in [2.24, 2.45) is 10.7 Å². The Morgan fingerprint density at radius 3 is 2.25 bits per heavy atom. The zero-order chi connectivity index (χ0) is 16.7. The number of methoxy groups -OCH3 is 1. The maximum atomic E-state index is 5.91. The molecule has 130 valence electrons. The number of aliphatic imine (C=N–C) groups is 1. The molecule has 0 bridgehead atoms. The summed E-state index contributed by atoms with van der Waals surface area (Å²) in [5.74, 6) is 1.23. The smallest absolute Gasteiger partial charge is 0.193 e. The van der Waals surface area contributed by atoms with Gasteiger partial charge in [0.2, 0.25) is 0 Å².